The van der Waals surface area contributed by atoms with E-state index in [-0.39, 0.29) is 17.9 Å². The number of nitrogens with one attached hydrogen (secondary N) is 2. The van der Waals surface area contributed by atoms with Crippen LogP contribution in [0.3, 0.4) is 0 Å². The first-order valence-electron chi connectivity index (χ1n) is 7.81. The first-order valence-corrected chi connectivity index (χ1v) is 7.81. The molecule has 0 aromatic heterocycles. The number of hydrogen-bond acceptors (Lipinski definition) is 2. The van der Waals surface area contributed by atoms with Gasteiger partial charge in [0.1, 0.15) is 0 Å². The van der Waals surface area contributed by atoms with E-state index in [4.69, 9.17) is 0 Å². The summed E-state index contributed by atoms with van der Waals surface area (Å²) in [6.07, 6.45) is 0.841. The highest BCUT2D eigenvalue weighted by molar-refractivity contribution is 6.06. The molecule has 0 heterocycles. The van der Waals surface area contributed by atoms with Gasteiger partial charge in [-0.2, -0.15) is 0 Å². The lowest BCUT2D eigenvalue weighted by atomic mass is 10.1. The zero-order valence-corrected chi connectivity index (χ0v) is 13.7. The molecule has 23 heavy (non-hydrogen) atoms. The van der Waals surface area contributed by atoms with Gasteiger partial charge in [0, 0.05) is 22.9 Å². The van der Waals surface area contributed by atoms with Crippen LogP contribution in [0.4, 0.5) is 5.69 Å². The number of carbonyl (C=O) groups is 2. The van der Waals surface area contributed by atoms with E-state index in [1.807, 2.05) is 45.0 Å². The van der Waals surface area contributed by atoms with Gasteiger partial charge in [-0.1, -0.05) is 31.2 Å². The number of benzene rings is 2. The topological polar surface area (TPSA) is 58.2 Å². The summed E-state index contributed by atoms with van der Waals surface area (Å²) in [5.41, 5.74) is 2.83. The van der Waals surface area contributed by atoms with Crippen LogP contribution >= 0.6 is 0 Å². The van der Waals surface area contributed by atoms with Crippen molar-refractivity contribution in [1.29, 1.82) is 0 Å². The van der Waals surface area contributed by atoms with Crippen molar-refractivity contribution in [2.45, 2.75) is 33.2 Å². The fourth-order valence-electron chi connectivity index (χ4n) is 2.29. The molecule has 0 aliphatic rings. The number of amides is 2. The zero-order chi connectivity index (χ0) is 16.8. The summed E-state index contributed by atoms with van der Waals surface area (Å²) in [5.74, 6) is -0.395. The Morgan fingerprint density at radius 2 is 1.61 bits per heavy atom. The van der Waals surface area contributed by atoms with E-state index in [0.29, 0.717) is 11.1 Å². The SMILES string of the molecule is CCc1ccccc1NC(=O)c1cccc(C(=O)NC(C)C)c1. The highest BCUT2D eigenvalue weighted by Gasteiger charge is 2.12. The predicted octanol–water partition coefficient (Wildman–Crippen LogP) is 3.64. The summed E-state index contributed by atoms with van der Waals surface area (Å²) in [6.45, 7) is 5.84. The molecule has 2 aromatic carbocycles. The molecule has 0 unspecified atom stereocenters. The van der Waals surface area contributed by atoms with Gasteiger partial charge in [0.05, 0.1) is 0 Å². The van der Waals surface area contributed by atoms with E-state index >= 15 is 0 Å². The van der Waals surface area contributed by atoms with Crippen LogP contribution in [0.1, 0.15) is 47.1 Å². The molecule has 0 bridgehead atoms. The normalized spacial score (nSPS) is 10.4. The fourth-order valence-corrected chi connectivity index (χ4v) is 2.29. The van der Waals surface area contributed by atoms with Crippen molar-refractivity contribution in [2.24, 2.45) is 0 Å². The second-order valence-electron chi connectivity index (χ2n) is 5.67. The monoisotopic (exact) mass is 310 g/mol. The Bertz CT molecular complexity index is 708. The molecule has 0 atom stereocenters. The smallest absolute Gasteiger partial charge is 0.255 e. The summed E-state index contributed by atoms with van der Waals surface area (Å²) in [5, 5.41) is 5.74. The molecule has 0 saturated heterocycles. The standard InChI is InChI=1S/C19H22N2O2/c1-4-14-8-5-6-11-17(14)21-19(23)16-10-7-9-15(12-16)18(22)20-13(2)3/h5-13H,4H2,1-3H3,(H,20,22)(H,21,23). The van der Waals surface area contributed by atoms with Gasteiger partial charge < -0.3 is 10.6 Å². The van der Waals surface area contributed by atoms with Crippen LogP contribution in [-0.4, -0.2) is 17.9 Å². The molecule has 2 amide bonds. The Morgan fingerprint density at radius 1 is 0.957 bits per heavy atom. The maximum Gasteiger partial charge on any atom is 0.255 e. The van der Waals surface area contributed by atoms with Crippen LogP contribution in [-0.2, 0) is 6.42 Å². The van der Waals surface area contributed by atoms with E-state index < -0.39 is 0 Å². The van der Waals surface area contributed by atoms with Crippen molar-refractivity contribution in [3.05, 3.63) is 65.2 Å². The Balaban J connectivity index is 2.18. The lowest BCUT2D eigenvalue weighted by Crippen LogP contribution is -2.30. The van der Waals surface area contributed by atoms with Crippen LogP contribution in [0.5, 0.6) is 0 Å². The van der Waals surface area contributed by atoms with Crippen LogP contribution in [0, 0.1) is 0 Å². The largest absolute Gasteiger partial charge is 0.350 e. The average Bonchev–Trinajstić information content (AvgIpc) is 2.55. The number of rotatable bonds is 5. The van der Waals surface area contributed by atoms with E-state index in [0.717, 1.165) is 17.7 Å². The van der Waals surface area contributed by atoms with Gasteiger partial charge >= 0.3 is 0 Å². The summed E-state index contributed by atoms with van der Waals surface area (Å²) in [6, 6.07) is 14.5. The first kappa shape index (κ1) is 16.7. The third-order valence-corrected chi connectivity index (χ3v) is 3.45. The number of aryl methyl sites for hydroxylation is 1. The van der Waals surface area contributed by atoms with Crippen LogP contribution in [0.15, 0.2) is 48.5 Å². The minimum Gasteiger partial charge on any atom is -0.350 e. The molecule has 2 aromatic rings. The molecule has 0 aliphatic heterocycles. The average molecular weight is 310 g/mol. The van der Waals surface area contributed by atoms with Crippen molar-refractivity contribution in [2.75, 3.05) is 5.32 Å². The van der Waals surface area contributed by atoms with Crippen molar-refractivity contribution < 1.29 is 9.59 Å². The second-order valence-corrected chi connectivity index (χ2v) is 5.67. The molecule has 0 saturated carbocycles. The van der Waals surface area contributed by atoms with Crippen molar-refractivity contribution >= 4 is 17.5 Å². The number of hydrogen-bond donors (Lipinski definition) is 2. The first-order chi connectivity index (χ1) is 11.0. The lowest BCUT2D eigenvalue weighted by Gasteiger charge is -2.11. The van der Waals surface area contributed by atoms with Crippen molar-refractivity contribution in [3.8, 4) is 0 Å². The second kappa shape index (κ2) is 7.58. The lowest BCUT2D eigenvalue weighted by molar-refractivity contribution is 0.0943. The molecule has 0 fully saturated rings. The molecule has 4 nitrogen and oxygen atoms in total. The Kier molecular flexibility index (Phi) is 5.52. The summed E-state index contributed by atoms with van der Waals surface area (Å²) in [7, 11) is 0. The summed E-state index contributed by atoms with van der Waals surface area (Å²) < 4.78 is 0. The summed E-state index contributed by atoms with van der Waals surface area (Å²) >= 11 is 0. The zero-order valence-electron chi connectivity index (χ0n) is 13.7. The summed E-state index contributed by atoms with van der Waals surface area (Å²) in [4.78, 5) is 24.5. The Labute approximate surface area is 136 Å². The van der Waals surface area contributed by atoms with Gasteiger partial charge in [-0.05, 0) is 50.1 Å². The van der Waals surface area contributed by atoms with Crippen LogP contribution in [0.2, 0.25) is 0 Å². The van der Waals surface area contributed by atoms with Gasteiger partial charge in [0.25, 0.3) is 11.8 Å². The molecule has 0 spiro atoms. The Hall–Kier alpha value is -2.62. The van der Waals surface area contributed by atoms with E-state index in [9.17, 15) is 9.59 Å². The van der Waals surface area contributed by atoms with E-state index in [1.54, 1.807) is 24.3 Å². The van der Waals surface area contributed by atoms with Crippen LogP contribution in [0.25, 0.3) is 0 Å². The molecule has 0 aliphatic carbocycles. The number of para-hydroxylation sites is 1. The maximum atomic E-state index is 12.4. The molecule has 4 heteroatoms. The fraction of sp³-hybridized carbons (Fsp3) is 0.263. The third-order valence-electron chi connectivity index (χ3n) is 3.45. The van der Waals surface area contributed by atoms with Gasteiger partial charge in [-0.3, -0.25) is 9.59 Å². The molecular formula is C19H22N2O2. The van der Waals surface area contributed by atoms with Crippen molar-refractivity contribution in [1.82, 2.24) is 5.32 Å². The quantitative estimate of drug-likeness (QED) is 0.886. The van der Waals surface area contributed by atoms with Gasteiger partial charge in [-0.15, -0.1) is 0 Å². The van der Waals surface area contributed by atoms with Crippen molar-refractivity contribution in [3.63, 3.8) is 0 Å². The van der Waals surface area contributed by atoms with Gasteiger partial charge in [0.2, 0.25) is 0 Å². The molecular weight excluding hydrogens is 288 g/mol. The van der Waals surface area contributed by atoms with Gasteiger partial charge in [0.15, 0.2) is 0 Å². The molecule has 2 rings (SSSR count). The minimum absolute atomic E-state index is 0.0522. The minimum atomic E-state index is -0.218. The molecule has 0 radical (unpaired) electrons. The molecule has 120 valence electrons. The Morgan fingerprint density at radius 3 is 2.26 bits per heavy atom. The maximum absolute atomic E-state index is 12.4. The van der Waals surface area contributed by atoms with Gasteiger partial charge in [-0.25, -0.2) is 0 Å². The third kappa shape index (κ3) is 4.42. The van der Waals surface area contributed by atoms with Crippen LogP contribution < -0.4 is 10.6 Å². The highest BCUT2D eigenvalue weighted by Crippen LogP contribution is 2.17. The molecule has 2 N–H and O–H groups in total. The number of anilines is 1. The van der Waals surface area contributed by atoms with E-state index in [1.165, 1.54) is 0 Å². The number of carbonyl (C=O) groups excluding carboxylic acids is 2. The predicted molar refractivity (Wildman–Crippen MR) is 92.8 cm³/mol. The highest BCUT2D eigenvalue weighted by atomic mass is 16.2. The van der Waals surface area contributed by atoms with E-state index in [2.05, 4.69) is 10.6 Å².